The van der Waals surface area contributed by atoms with E-state index in [1.807, 2.05) is 0 Å². The Labute approximate surface area is 164 Å². The number of hydrogen-bond acceptors (Lipinski definition) is 8. The van der Waals surface area contributed by atoms with E-state index in [0.29, 0.717) is 0 Å². The number of aliphatic hydroxyl groups is 2. The fourth-order valence-corrected chi connectivity index (χ4v) is 1.69. The Morgan fingerprint density at radius 1 is 0.560 bits per heavy atom. The molecule has 130 valence electrons. The van der Waals surface area contributed by atoms with E-state index < -0.39 is 44.6 Å². The molecule has 0 bridgehead atoms. The molecule has 0 aromatic heterocycles. The molecule has 2 aromatic rings. The fraction of sp³-hybridized carbons (Fsp3) is 0. The smallest absolute Gasteiger partial charge is 0.200 e. The van der Waals surface area contributed by atoms with Crippen LogP contribution in [0.15, 0.2) is 24.3 Å². The monoisotopic (exact) mass is 436 g/mol. The van der Waals surface area contributed by atoms with Gasteiger partial charge in [-0.25, -0.2) is 0 Å². The normalized spacial score (nSPS) is 9.28. The van der Waals surface area contributed by atoms with E-state index in [-0.39, 0.29) is 30.6 Å². The largest absolute Gasteiger partial charge is 0.504 e. The van der Waals surface area contributed by atoms with E-state index in [0.717, 1.165) is 24.3 Å². The van der Waals surface area contributed by atoms with Gasteiger partial charge in [-0.1, -0.05) is 0 Å². The van der Waals surface area contributed by atoms with Crippen LogP contribution in [0.5, 0.6) is 34.5 Å². The van der Waals surface area contributed by atoms with Crippen molar-refractivity contribution >= 4 is 34.5 Å². The Morgan fingerprint density at radius 3 is 0.920 bits per heavy atom. The maximum Gasteiger partial charge on any atom is 0.200 e. The van der Waals surface area contributed by atoms with Crippen molar-refractivity contribution in [3.05, 3.63) is 35.4 Å². The van der Waals surface area contributed by atoms with Gasteiger partial charge < -0.3 is 40.9 Å². The van der Waals surface area contributed by atoms with E-state index in [2.05, 4.69) is 24.4 Å². The van der Waals surface area contributed by atoms with Crippen LogP contribution >= 0.6 is 24.4 Å². The number of benzene rings is 2. The summed E-state index contributed by atoms with van der Waals surface area (Å²) in [6.07, 6.45) is 0. The third kappa shape index (κ3) is 5.89. The van der Waals surface area contributed by atoms with Crippen molar-refractivity contribution in [2.75, 3.05) is 0 Å². The van der Waals surface area contributed by atoms with Gasteiger partial charge in [0, 0.05) is 30.6 Å². The Hall–Kier alpha value is -2.36. The summed E-state index contributed by atoms with van der Waals surface area (Å²) < 4.78 is 0. The molecule has 0 atom stereocenters. The number of hydrogen-bond donors (Lipinski definition) is 8. The maximum absolute atomic E-state index is 8.95. The van der Waals surface area contributed by atoms with Gasteiger partial charge in [-0.15, -0.1) is 0 Å². The molecule has 0 aliphatic heterocycles. The molecule has 11 heteroatoms. The molecular formula is C14H12O8S2Zn. The van der Waals surface area contributed by atoms with Gasteiger partial charge in [0.25, 0.3) is 0 Å². The zero-order valence-corrected chi connectivity index (χ0v) is 17.0. The Kier molecular flexibility index (Phi) is 8.34. The molecule has 25 heavy (non-hydrogen) atoms. The summed E-state index contributed by atoms with van der Waals surface area (Å²) >= 11 is 8.75. The van der Waals surface area contributed by atoms with Crippen molar-refractivity contribution < 1.29 is 60.3 Å². The number of aromatic hydroxyl groups is 6. The predicted octanol–water partition coefficient (Wildman–Crippen LogP) is 2.07. The minimum atomic E-state index is -0.630. The third-order valence-electron chi connectivity index (χ3n) is 2.63. The number of rotatable bonds is 2. The minimum absolute atomic E-state index is 0. The first-order valence-corrected chi connectivity index (χ1v) is 6.82. The number of aliphatic hydroxyl groups excluding tert-OH is 2. The summed E-state index contributed by atoms with van der Waals surface area (Å²) in [6.45, 7) is 0. The zero-order valence-electron chi connectivity index (χ0n) is 12.4. The minimum Gasteiger partial charge on any atom is -0.504 e. The van der Waals surface area contributed by atoms with Crippen LogP contribution in [0.4, 0.5) is 0 Å². The van der Waals surface area contributed by atoms with Crippen LogP contribution in [0, 0.1) is 0 Å². The fourth-order valence-electron chi connectivity index (χ4n) is 1.46. The summed E-state index contributed by atoms with van der Waals surface area (Å²) in [5, 5.41) is 70.2. The van der Waals surface area contributed by atoms with Crippen LogP contribution in [-0.4, -0.2) is 51.0 Å². The SMILES string of the molecule is OC(=S)c1cc(O)c(O)c(O)c1.OC(=S)c1cc(O)c(O)c(O)c1.[Zn]. The second-order valence-corrected chi connectivity index (χ2v) is 5.11. The maximum atomic E-state index is 8.95. The van der Waals surface area contributed by atoms with Crippen molar-refractivity contribution in [3.8, 4) is 34.5 Å². The molecular weight excluding hydrogens is 426 g/mol. The molecule has 0 unspecified atom stereocenters. The van der Waals surface area contributed by atoms with E-state index in [9.17, 15) is 0 Å². The Bertz CT molecular complexity index is 696. The predicted molar refractivity (Wildman–Crippen MR) is 91.5 cm³/mol. The van der Waals surface area contributed by atoms with Gasteiger partial charge >= 0.3 is 0 Å². The first-order valence-electron chi connectivity index (χ1n) is 6.01. The van der Waals surface area contributed by atoms with E-state index >= 15 is 0 Å². The molecule has 2 rings (SSSR count). The Morgan fingerprint density at radius 2 is 0.760 bits per heavy atom. The number of phenolic OH excluding ortho intramolecular Hbond substituents is 6. The number of thiocarbonyl (C=S) groups is 2. The summed E-state index contributed by atoms with van der Waals surface area (Å²) in [5.41, 5.74) is 0.163. The summed E-state index contributed by atoms with van der Waals surface area (Å²) in [4.78, 5) is 0. The van der Waals surface area contributed by atoms with Crippen LogP contribution in [0.3, 0.4) is 0 Å². The van der Waals surface area contributed by atoms with Gasteiger partial charge in [0.15, 0.2) is 44.6 Å². The average molecular weight is 438 g/mol. The van der Waals surface area contributed by atoms with Crippen LogP contribution in [0.2, 0.25) is 0 Å². The van der Waals surface area contributed by atoms with E-state index in [4.69, 9.17) is 40.9 Å². The quantitative estimate of drug-likeness (QED) is 0.198. The topological polar surface area (TPSA) is 162 Å². The van der Waals surface area contributed by atoms with Crippen LogP contribution in [0.25, 0.3) is 0 Å². The number of phenols is 6. The first kappa shape index (κ1) is 22.6. The molecule has 0 radical (unpaired) electrons. The van der Waals surface area contributed by atoms with Gasteiger partial charge in [-0.2, -0.15) is 0 Å². The molecule has 0 saturated carbocycles. The summed E-state index contributed by atoms with van der Waals surface area (Å²) in [7, 11) is 0. The first-order chi connectivity index (χ1) is 11.0. The molecule has 0 aliphatic carbocycles. The molecule has 2 aromatic carbocycles. The molecule has 0 spiro atoms. The molecule has 8 N–H and O–H groups in total. The second kappa shape index (κ2) is 9.21. The summed E-state index contributed by atoms with van der Waals surface area (Å²) in [6, 6.07) is 4.21. The molecule has 0 fully saturated rings. The molecule has 0 amide bonds. The van der Waals surface area contributed by atoms with Gasteiger partial charge in [0.05, 0.1) is 0 Å². The zero-order chi connectivity index (χ0) is 18.6. The third-order valence-corrected chi connectivity index (χ3v) is 3.10. The molecule has 0 saturated heterocycles. The van der Waals surface area contributed by atoms with Crippen molar-refractivity contribution in [3.63, 3.8) is 0 Å². The van der Waals surface area contributed by atoms with Crippen molar-refractivity contribution in [1.82, 2.24) is 0 Å². The van der Waals surface area contributed by atoms with Gasteiger partial charge in [0.1, 0.15) is 0 Å². The van der Waals surface area contributed by atoms with E-state index in [1.54, 1.807) is 0 Å². The van der Waals surface area contributed by atoms with E-state index in [1.165, 1.54) is 0 Å². The molecule has 0 heterocycles. The summed E-state index contributed by atoms with van der Waals surface area (Å²) in [5.74, 6) is -3.37. The van der Waals surface area contributed by atoms with Crippen molar-refractivity contribution in [2.24, 2.45) is 0 Å². The standard InChI is InChI=1S/2C7H6O4S.Zn/c2*8-4-1-3(7(11)12)2-5(9)6(4)10;/h2*1-2,8-10H,(H,11,12);. The molecule has 0 aliphatic rings. The van der Waals surface area contributed by atoms with Crippen LogP contribution < -0.4 is 0 Å². The Balaban J connectivity index is 0.000000443. The van der Waals surface area contributed by atoms with Gasteiger partial charge in [-0.05, 0) is 48.7 Å². The van der Waals surface area contributed by atoms with Gasteiger partial charge in [0.2, 0.25) is 0 Å². The van der Waals surface area contributed by atoms with Crippen LogP contribution in [-0.2, 0) is 19.5 Å². The molecule has 8 nitrogen and oxygen atoms in total. The van der Waals surface area contributed by atoms with Gasteiger partial charge in [-0.3, -0.25) is 0 Å². The van der Waals surface area contributed by atoms with Crippen LogP contribution in [0.1, 0.15) is 11.1 Å². The average Bonchev–Trinajstić information content (AvgIpc) is 2.49. The second-order valence-electron chi connectivity index (χ2n) is 4.34. The van der Waals surface area contributed by atoms with Crippen molar-refractivity contribution in [1.29, 1.82) is 0 Å². The van der Waals surface area contributed by atoms with Crippen molar-refractivity contribution in [2.45, 2.75) is 0 Å².